The van der Waals surface area contributed by atoms with E-state index in [1.165, 1.54) is 6.07 Å². The van der Waals surface area contributed by atoms with Crippen molar-refractivity contribution in [3.05, 3.63) is 35.4 Å². The largest absolute Gasteiger partial charge is 0.480 e. The summed E-state index contributed by atoms with van der Waals surface area (Å²) in [7, 11) is -3.83. The number of carboxylic acids is 1. The summed E-state index contributed by atoms with van der Waals surface area (Å²) in [5.41, 5.74) is 0.0286. The molecule has 0 unspecified atom stereocenters. The molecule has 0 aliphatic heterocycles. The van der Waals surface area contributed by atoms with E-state index in [1.54, 1.807) is 39.0 Å². The molecule has 7 heteroatoms. The van der Waals surface area contributed by atoms with E-state index in [0.717, 1.165) is 0 Å². The Bertz CT molecular complexity index is 669. The van der Waals surface area contributed by atoms with Crippen molar-refractivity contribution in [2.24, 2.45) is 5.41 Å². The zero-order chi connectivity index (χ0) is 16.3. The number of hydrogen-bond acceptors (Lipinski definition) is 4. The van der Waals surface area contributed by atoms with Gasteiger partial charge in [0.05, 0.1) is 17.4 Å². The Balaban J connectivity index is 2.96. The third kappa shape index (κ3) is 5.17. The van der Waals surface area contributed by atoms with Gasteiger partial charge in [-0.1, -0.05) is 32.9 Å². The molecule has 1 rings (SSSR count). The number of nitrogens with zero attached hydrogens (tertiary/aromatic N) is 1. The lowest BCUT2D eigenvalue weighted by molar-refractivity contribution is -0.141. The third-order valence-electron chi connectivity index (χ3n) is 2.82. The van der Waals surface area contributed by atoms with Crippen molar-refractivity contribution >= 4 is 16.0 Å². The van der Waals surface area contributed by atoms with Crippen molar-refractivity contribution in [1.82, 2.24) is 4.72 Å². The number of hydrogen-bond donors (Lipinski definition) is 2. The average Bonchev–Trinajstić information content (AvgIpc) is 2.34. The number of rotatable bonds is 5. The van der Waals surface area contributed by atoms with Crippen molar-refractivity contribution in [2.45, 2.75) is 32.6 Å². The topological polar surface area (TPSA) is 107 Å². The summed E-state index contributed by atoms with van der Waals surface area (Å²) >= 11 is 0. The summed E-state index contributed by atoms with van der Waals surface area (Å²) in [6, 6.07) is 6.90. The third-order valence-corrected chi connectivity index (χ3v) is 4.13. The molecule has 0 aromatic heterocycles. The summed E-state index contributed by atoms with van der Waals surface area (Å²) < 4.78 is 26.4. The number of benzene rings is 1. The van der Waals surface area contributed by atoms with E-state index in [9.17, 15) is 13.2 Å². The van der Waals surface area contributed by atoms with Gasteiger partial charge in [0.15, 0.2) is 0 Å². The van der Waals surface area contributed by atoms with Crippen molar-refractivity contribution in [3.63, 3.8) is 0 Å². The van der Waals surface area contributed by atoms with Crippen molar-refractivity contribution in [2.75, 3.05) is 0 Å². The zero-order valence-electron chi connectivity index (χ0n) is 12.1. The SMILES string of the molecule is CC(C)(C)[C@H](NS(=O)(=O)Cc1cccc(C#N)c1)C(=O)O. The van der Waals surface area contributed by atoms with Crippen LogP contribution in [0.25, 0.3) is 0 Å². The average molecular weight is 310 g/mol. The van der Waals surface area contributed by atoms with Gasteiger partial charge in [-0.05, 0) is 23.1 Å². The van der Waals surface area contributed by atoms with Crippen molar-refractivity contribution in [3.8, 4) is 6.07 Å². The van der Waals surface area contributed by atoms with Crippen LogP contribution in [-0.4, -0.2) is 25.5 Å². The Morgan fingerprint density at radius 2 is 2.05 bits per heavy atom. The van der Waals surface area contributed by atoms with E-state index in [0.29, 0.717) is 11.1 Å². The van der Waals surface area contributed by atoms with Gasteiger partial charge in [-0.15, -0.1) is 0 Å². The van der Waals surface area contributed by atoms with Crippen molar-refractivity contribution < 1.29 is 18.3 Å². The van der Waals surface area contributed by atoms with E-state index in [1.807, 2.05) is 6.07 Å². The quantitative estimate of drug-likeness (QED) is 0.856. The fraction of sp³-hybridized carbons (Fsp3) is 0.429. The molecule has 1 atom stereocenters. The van der Waals surface area contributed by atoms with Crippen LogP contribution in [0, 0.1) is 16.7 Å². The van der Waals surface area contributed by atoms with Gasteiger partial charge < -0.3 is 5.11 Å². The van der Waals surface area contributed by atoms with Crippen LogP contribution in [0.4, 0.5) is 0 Å². The summed E-state index contributed by atoms with van der Waals surface area (Å²) in [4.78, 5) is 11.2. The Hall–Kier alpha value is -1.91. The Kier molecular flexibility index (Phi) is 5.10. The van der Waals surface area contributed by atoms with Crippen LogP contribution in [0.2, 0.25) is 0 Å². The van der Waals surface area contributed by atoms with Gasteiger partial charge in [0.1, 0.15) is 6.04 Å². The minimum absolute atomic E-state index is 0.355. The number of aliphatic carboxylic acids is 1. The van der Waals surface area contributed by atoms with Gasteiger partial charge >= 0.3 is 5.97 Å². The Morgan fingerprint density at radius 1 is 1.43 bits per heavy atom. The van der Waals surface area contributed by atoms with E-state index < -0.39 is 27.4 Å². The Labute approximate surface area is 124 Å². The molecule has 0 heterocycles. The maximum atomic E-state index is 12.1. The van der Waals surface area contributed by atoms with E-state index in [4.69, 9.17) is 10.4 Å². The van der Waals surface area contributed by atoms with Crippen LogP contribution in [-0.2, 0) is 20.6 Å². The molecule has 1 aromatic carbocycles. The van der Waals surface area contributed by atoms with Crippen LogP contribution in [0.3, 0.4) is 0 Å². The molecule has 114 valence electrons. The van der Waals surface area contributed by atoms with Gasteiger partial charge in [-0.25, -0.2) is 13.1 Å². The second kappa shape index (κ2) is 6.24. The molecule has 0 bridgehead atoms. The van der Waals surface area contributed by atoms with Crippen LogP contribution < -0.4 is 4.72 Å². The molecule has 0 amide bonds. The first-order valence-corrected chi connectivity index (χ1v) is 7.92. The molecule has 21 heavy (non-hydrogen) atoms. The number of sulfonamides is 1. The molecule has 0 fully saturated rings. The van der Waals surface area contributed by atoms with Gasteiger partial charge in [0, 0.05) is 0 Å². The van der Waals surface area contributed by atoms with Crippen LogP contribution in [0.5, 0.6) is 0 Å². The first kappa shape index (κ1) is 17.1. The predicted octanol–water partition coefficient (Wildman–Crippen LogP) is 1.48. The smallest absolute Gasteiger partial charge is 0.322 e. The molecule has 0 aliphatic carbocycles. The van der Waals surface area contributed by atoms with Crippen LogP contribution in [0.15, 0.2) is 24.3 Å². The normalized spacial score (nSPS) is 13.4. The lowest BCUT2D eigenvalue weighted by Crippen LogP contribution is -2.49. The molecular weight excluding hydrogens is 292 g/mol. The van der Waals surface area contributed by atoms with Crippen molar-refractivity contribution in [1.29, 1.82) is 5.26 Å². The van der Waals surface area contributed by atoms with E-state index in [-0.39, 0.29) is 5.75 Å². The summed E-state index contributed by atoms with van der Waals surface area (Å²) in [5.74, 6) is -1.60. The number of nitriles is 1. The fourth-order valence-corrected chi connectivity index (χ4v) is 3.28. The molecule has 1 aromatic rings. The highest BCUT2D eigenvalue weighted by atomic mass is 32.2. The van der Waals surface area contributed by atoms with Crippen LogP contribution in [0.1, 0.15) is 31.9 Å². The Morgan fingerprint density at radius 3 is 2.52 bits per heavy atom. The number of carboxylic acid groups (broad SMARTS) is 1. The highest BCUT2D eigenvalue weighted by Gasteiger charge is 2.34. The summed E-state index contributed by atoms with van der Waals surface area (Å²) in [6.45, 7) is 4.93. The predicted molar refractivity (Wildman–Crippen MR) is 77.8 cm³/mol. The van der Waals surface area contributed by atoms with Gasteiger partial charge in [-0.3, -0.25) is 4.79 Å². The first-order chi connectivity index (χ1) is 9.55. The summed E-state index contributed by atoms with van der Waals surface area (Å²) in [6.07, 6.45) is 0. The highest BCUT2D eigenvalue weighted by Crippen LogP contribution is 2.21. The summed E-state index contributed by atoms with van der Waals surface area (Å²) in [5, 5.41) is 17.9. The van der Waals surface area contributed by atoms with E-state index >= 15 is 0 Å². The minimum atomic E-state index is -3.83. The number of nitrogens with one attached hydrogen (secondary N) is 1. The first-order valence-electron chi connectivity index (χ1n) is 6.27. The molecule has 0 aliphatic rings. The molecule has 0 saturated heterocycles. The molecule has 2 N–H and O–H groups in total. The lowest BCUT2D eigenvalue weighted by Gasteiger charge is -2.27. The maximum Gasteiger partial charge on any atom is 0.322 e. The fourth-order valence-electron chi connectivity index (χ4n) is 1.77. The number of carbonyl (C=O) groups is 1. The standard InChI is InChI=1S/C14H18N2O4S/c1-14(2,3)12(13(17)18)16-21(19,20)9-11-6-4-5-10(7-11)8-15/h4-7,12,16H,9H2,1-3H3,(H,17,18)/t12-/m1/s1. The molecule has 6 nitrogen and oxygen atoms in total. The van der Waals surface area contributed by atoms with E-state index in [2.05, 4.69) is 4.72 Å². The minimum Gasteiger partial charge on any atom is -0.480 e. The van der Waals surface area contributed by atoms with Gasteiger partial charge in [0.2, 0.25) is 10.0 Å². The molecule has 0 radical (unpaired) electrons. The monoisotopic (exact) mass is 310 g/mol. The molecule has 0 saturated carbocycles. The highest BCUT2D eigenvalue weighted by molar-refractivity contribution is 7.88. The van der Waals surface area contributed by atoms with Gasteiger partial charge in [0.25, 0.3) is 0 Å². The second-order valence-electron chi connectivity index (χ2n) is 5.83. The zero-order valence-corrected chi connectivity index (χ0v) is 12.9. The van der Waals surface area contributed by atoms with Crippen LogP contribution >= 0.6 is 0 Å². The lowest BCUT2D eigenvalue weighted by atomic mass is 9.88. The molecule has 0 spiro atoms. The maximum absolute atomic E-state index is 12.1. The second-order valence-corrected chi connectivity index (χ2v) is 7.58. The van der Waals surface area contributed by atoms with Gasteiger partial charge in [-0.2, -0.15) is 5.26 Å². The molecular formula is C14H18N2O4S.